The van der Waals surface area contributed by atoms with Crippen LogP contribution in [0.4, 0.5) is 0 Å². The molecule has 1 saturated heterocycles. The second kappa shape index (κ2) is 11.1. The Bertz CT molecular complexity index is 1490. The molecule has 0 radical (unpaired) electrons. The van der Waals surface area contributed by atoms with E-state index in [2.05, 4.69) is 21.6 Å². The minimum absolute atomic E-state index is 0.0867. The van der Waals surface area contributed by atoms with Gasteiger partial charge in [0, 0.05) is 23.7 Å². The van der Waals surface area contributed by atoms with E-state index in [1.807, 2.05) is 38.1 Å². The molecule has 2 atom stereocenters. The summed E-state index contributed by atoms with van der Waals surface area (Å²) in [5, 5.41) is 20.4. The number of likely N-dealkylation sites (tertiary alicyclic amines) is 1. The van der Waals surface area contributed by atoms with Crippen molar-refractivity contribution in [3.8, 4) is 6.07 Å². The summed E-state index contributed by atoms with van der Waals surface area (Å²) in [5.41, 5.74) is 14.9. The van der Waals surface area contributed by atoms with Gasteiger partial charge in [-0.2, -0.15) is 10.4 Å². The summed E-state index contributed by atoms with van der Waals surface area (Å²) in [5.74, 6) is 0.0402. The molecule has 1 aliphatic heterocycles. The number of nitrogens with one attached hydrogen (secondary N) is 2. The summed E-state index contributed by atoms with van der Waals surface area (Å²) < 4.78 is 0. The van der Waals surface area contributed by atoms with Gasteiger partial charge in [0.25, 0.3) is 0 Å². The Kier molecular flexibility index (Phi) is 7.60. The van der Waals surface area contributed by atoms with Crippen LogP contribution < -0.4 is 16.8 Å². The summed E-state index contributed by atoms with van der Waals surface area (Å²) in [6, 6.07) is 12.5. The number of aromatic nitrogens is 3. The number of amides is 3. The van der Waals surface area contributed by atoms with Crippen molar-refractivity contribution in [1.82, 2.24) is 25.4 Å². The van der Waals surface area contributed by atoms with Gasteiger partial charge in [-0.1, -0.05) is 12.1 Å². The van der Waals surface area contributed by atoms with E-state index in [4.69, 9.17) is 16.5 Å². The number of hydrogen-bond donors (Lipinski definition) is 4. The van der Waals surface area contributed by atoms with Crippen LogP contribution >= 0.6 is 0 Å². The number of nitrogens with zero attached hydrogens (tertiary/aromatic N) is 4. The van der Waals surface area contributed by atoms with Gasteiger partial charge in [0.2, 0.25) is 17.7 Å². The Balaban J connectivity index is 1.61. The van der Waals surface area contributed by atoms with Crippen molar-refractivity contribution in [3.05, 3.63) is 81.4 Å². The fourth-order valence-corrected chi connectivity index (χ4v) is 6.33. The largest absolute Gasteiger partial charge is 0.366 e. The monoisotopic (exact) mass is 554 g/mol. The highest BCUT2D eigenvalue weighted by Crippen LogP contribution is 2.47. The smallest absolute Gasteiger partial charge is 0.248 e. The molecule has 5 rings (SSSR count). The van der Waals surface area contributed by atoms with Crippen LogP contribution in [-0.4, -0.2) is 63.0 Å². The number of aromatic amines is 1. The number of benzene rings is 2. The SMILES string of the molecule is Cc1nc(C2(C[C@@H](C)NCC(=O)N3CCC[C@H]3C#N)c3ccc(C(N)=O)cc3CCc3cc(C(N)=O)ccc32)n[nH]1. The van der Waals surface area contributed by atoms with E-state index in [1.54, 1.807) is 17.0 Å². The van der Waals surface area contributed by atoms with Gasteiger partial charge in [-0.05, 0) is 92.5 Å². The van der Waals surface area contributed by atoms with Crippen LogP contribution in [0.1, 0.15) is 80.8 Å². The summed E-state index contributed by atoms with van der Waals surface area (Å²) in [4.78, 5) is 43.7. The fraction of sp³-hybridized carbons (Fsp3) is 0.400. The number of hydrogen-bond acceptors (Lipinski definition) is 7. The summed E-state index contributed by atoms with van der Waals surface area (Å²) in [7, 11) is 0. The molecule has 0 saturated carbocycles. The highest BCUT2D eigenvalue weighted by atomic mass is 16.2. The fourth-order valence-electron chi connectivity index (χ4n) is 6.33. The topological polar surface area (TPSA) is 184 Å². The number of nitrogens with two attached hydrogens (primary N) is 2. The predicted octanol–water partition coefficient (Wildman–Crippen LogP) is 1.63. The first kappa shape index (κ1) is 28.0. The molecule has 1 fully saturated rings. The molecule has 3 aromatic rings. The Morgan fingerprint density at radius 1 is 1.12 bits per heavy atom. The molecule has 41 heavy (non-hydrogen) atoms. The Labute approximate surface area is 238 Å². The Morgan fingerprint density at radius 3 is 2.24 bits per heavy atom. The van der Waals surface area contributed by atoms with Crippen molar-refractivity contribution < 1.29 is 14.4 Å². The molecule has 1 aromatic heterocycles. The van der Waals surface area contributed by atoms with Gasteiger partial charge < -0.3 is 21.7 Å². The third kappa shape index (κ3) is 5.18. The van der Waals surface area contributed by atoms with Crippen molar-refractivity contribution >= 4 is 17.7 Å². The lowest BCUT2D eigenvalue weighted by Gasteiger charge is -2.37. The average Bonchev–Trinajstić information content (AvgIpc) is 3.60. The van der Waals surface area contributed by atoms with E-state index >= 15 is 0 Å². The maximum Gasteiger partial charge on any atom is 0.248 e. The molecular formula is C30H34N8O3. The van der Waals surface area contributed by atoms with Gasteiger partial charge in [0.15, 0.2) is 5.82 Å². The first-order valence-electron chi connectivity index (χ1n) is 13.8. The van der Waals surface area contributed by atoms with Crippen LogP contribution in [-0.2, 0) is 23.1 Å². The molecule has 11 heteroatoms. The predicted molar refractivity (Wildman–Crippen MR) is 151 cm³/mol. The molecule has 6 N–H and O–H groups in total. The molecule has 1 aliphatic carbocycles. The minimum Gasteiger partial charge on any atom is -0.366 e. The molecule has 212 valence electrons. The van der Waals surface area contributed by atoms with Crippen molar-refractivity contribution in [2.75, 3.05) is 13.1 Å². The summed E-state index contributed by atoms with van der Waals surface area (Å²) in [6.07, 6.45) is 3.18. The van der Waals surface area contributed by atoms with Gasteiger partial charge in [0.05, 0.1) is 18.0 Å². The van der Waals surface area contributed by atoms with Gasteiger partial charge in [-0.15, -0.1) is 0 Å². The number of H-pyrrole nitrogens is 1. The van der Waals surface area contributed by atoms with Crippen molar-refractivity contribution in [1.29, 1.82) is 5.26 Å². The van der Waals surface area contributed by atoms with Crippen LogP contribution in [0.25, 0.3) is 0 Å². The van der Waals surface area contributed by atoms with Gasteiger partial charge in [-0.3, -0.25) is 19.5 Å². The first-order valence-corrected chi connectivity index (χ1v) is 13.8. The number of fused-ring (bicyclic) bond motifs is 2. The van der Waals surface area contributed by atoms with Crippen LogP contribution in [0.2, 0.25) is 0 Å². The molecule has 2 aromatic carbocycles. The van der Waals surface area contributed by atoms with Gasteiger partial charge in [-0.25, -0.2) is 4.98 Å². The zero-order chi connectivity index (χ0) is 29.3. The average molecular weight is 555 g/mol. The number of rotatable bonds is 8. The highest BCUT2D eigenvalue weighted by molar-refractivity contribution is 5.94. The number of nitriles is 1. The second-order valence-electron chi connectivity index (χ2n) is 11.0. The lowest BCUT2D eigenvalue weighted by Crippen LogP contribution is -2.45. The van der Waals surface area contributed by atoms with E-state index < -0.39 is 17.2 Å². The minimum atomic E-state index is -0.892. The standard InChI is InChI=1S/C30H34N8O3/c1-17(34-16-26(39)38-11-3-4-23(38)15-31)14-30(29-35-18(2)36-37-29)24-9-7-21(27(32)40)12-19(24)5-6-20-13-22(28(33)41)8-10-25(20)30/h7-10,12-13,17,23,34H,3-6,11,14,16H2,1-2H3,(H2,32,40)(H2,33,41)(H,35,36,37)/t17-,23+/m1/s1. The van der Waals surface area contributed by atoms with Crippen molar-refractivity contribution in [3.63, 3.8) is 0 Å². The molecule has 2 heterocycles. The summed E-state index contributed by atoms with van der Waals surface area (Å²) >= 11 is 0. The molecule has 0 bridgehead atoms. The maximum absolute atomic E-state index is 13.0. The summed E-state index contributed by atoms with van der Waals surface area (Å²) in [6.45, 7) is 4.50. The highest BCUT2D eigenvalue weighted by Gasteiger charge is 2.45. The molecule has 0 spiro atoms. The van der Waals surface area contributed by atoms with E-state index in [0.717, 1.165) is 28.7 Å². The third-order valence-electron chi connectivity index (χ3n) is 8.28. The van der Waals surface area contributed by atoms with E-state index in [-0.39, 0.29) is 24.5 Å². The molecule has 11 nitrogen and oxygen atoms in total. The van der Waals surface area contributed by atoms with Crippen molar-refractivity contribution in [2.24, 2.45) is 11.5 Å². The van der Waals surface area contributed by atoms with Crippen LogP contribution in [0.5, 0.6) is 0 Å². The van der Waals surface area contributed by atoms with Crippen LogP contribution in [0, 0.1) is 18.3 Å². The number of primary amides is 2. The number of aryl methyl sites for hydroxylation is 3. The van der Waals surface area contributed by atoms with Crippen molar-refractivity contribution in [2.45, 2.75) is 63.5 Å². The zero-order valence-electron chi connectivity index (χ0n) is 23.2. The first-order chi connectivity index (χ1) is 19.6. The van der Waals surface area contributed by atoms with Crippen LogP contribution in [0.3, 0.4) is 0 Å². The number of carbonyl (C=O) groups is 3. The van der Waals surface area contributed by atoms with Crippen LogP contribution in [0.15, 0.2) is 36.4 Å². The Hall–Kier alpha value is -4.56. The molecule has 0 unspecified atom stereocenters. The zero-order valence-corrected chi connectivity index (χ0v) is 23.2. The Morgan fingerprint density at radius 2 is 1.73 bits per heavy atom. The second-order valence-corrected chi connectivity index (χ2v) is 11.0. The maximum atomic E-state index is 13.0. The lowest BCUT2D eigenvalue weighted by molar-refractivity contribution is -0.130. The molecule has 2 aliphatic rings. The number of carbonyl (C=O) groups excluding carboxylic acids is 3. The quantitative estimate of drug-likeness (QED) is 0.326. The lowest BCUT2D eigenvalue weighted by atomic mass is 9.67. The van der Waals surface area contributed by atoms with E-state index in [9.17, 15) is 19.6 Å². The van der Waals surface area contributed by atoms with Gasteiger partial charge >= 0.3 is 0 Å². The molecule has 3 amide bonds. The molecular weight excluding hydrogens is 520 g/mol. The van der Waals surface area contributed by atoms with Gasteiger partial charge in [0.1, 0.15) is 11.9 Å². The normalized spacial score (nSPS) is 18.1. The van der Waals surface area contributed by atoms with E-state index in [0.29, 0.717) is 55.0 Å². The third-order valence-corrected chi connectivity index (χ3v) is 8.28. The van der Waals surface area contributed by atoms with E-state index in [1.165, 1.54) is 0 Å².